The van der Waals surface area contributed by atoms with Crippen LogP contribution in [0.2, 0.25) is 0 Å². The molecule has 0 radical (unpaired) electrons. The third-order valence-corrected chi connectivity index (χ3v) is 15.9. The Bertz CT molecular complexity index is 1230. The number of rotatable bonds is 60. The predicted molar refractivity (Wildman–Crippen MR) is 339 cm³/mol. The molecule has 450 valence electrons. The summed E-state index contributed by atoms with van der Waals surface area (Å²) in [5.41, 5.74) is 1.53. The van der Waals surface area contributed by atoms with E-state index in [9.17, 15) is 9.59 Å². The van der Waals surface area contributed by atoms with Crippen LogP contribution in [0.5, 0.6) is 0 Å². The van der Waals surface area contributed by atoms with Gasteiger partial charge in [0.25, 0.3) is 0 Å². The largest absolute Gasteiger partial charge is 0.389 e. The van der Waals surface area contributed by atoms with E-state index in [-0.39, 0.29) is 5.78 Å². The molecule has 1 aliphatic carbocycles. The second kappa shape index (κ2) is 60.9. The molecular formula is C69H137N5O2. The lowest BCUT2D eigenvalue weighted by molar-refractivity contribution is -0.132. The number of hydrogen-bond donors (Lipinski definition) is 1. The van der Waals surface area contributed by atoms with Crippen molar-refractivity contribution in [3.05, 3.63) is 23.9 Å². The van der Waals surface area contributed by atoms with Crippen LogP contribution in [-0.4, -0.2) is 110 Å². The Balaban J connectivity index is 0.00000413. The number of carbonyl (C=O) groups excluding carboxylic acids is 2. The zero-order valence-corrected chi connectivity index (χ0v) is 52.9. The van der Waals surface area contributed by atoms with E-state index >= 15 is 0 Å². The fraction of sp³-hybridized carbons (Fsp3) is 0.913. The number of carbonyl (C=O) groups is 2. The minimum absolute atomic E-state index is 0.250. The first-order valence-corrected chi connectivity index (χ1v) is 34.3. The number of unbranched alkanes of at least 4 members (excludes halogenated alkanes) is 34. The quantitative estimate of drug-likeness (QED) is 0.0484. The first-order valence-electron chi connectivity index (χ1n) is 34.3. The lowest BCUT2D eigenvalue weighted by Gasteiger charge is -2.31. The summed E-state index contributed by atoms with van der Waals surface area (Å²) in [6.07, 6.45) is 64.7. The average molecular weight is 1070 g/mol. The Morgan fingerprint density at radius 1 is 0.368 bits per heavy atom. The van der Waals surface area contributed by atoms with Gasteiger partial charge in [-0.1, -0.05) is 271 Å². The highest BCUT2D eigenvalue weighted by Crippen LogP contribution is 2.26. The van der Waals surface area contributed by atoms with Gasteiger partial charge in [-0.15, -0.1) is 0 Å². The topological polar surface area (TPSA) is 59.1 Å². The maximum atomic E-state index is 14.4. The standard InChI is InChI=1S/C58H117N5O.C11H20O/c1-6-11-16-20-24-25-26-27-28-32-35-37-46-60(45-15-10-5)50-41-51-63(52-44-59-55-57-42-43-57)58(64)56-62(49-40-36-31-23-19-14-9-4)54-53-61(47-38-33-29-21-17-12-7-2)48-39-34-30-22-18-13-8-3;1-3-4-5-6-7-8-9-10-11(2)12/h55,59H,6-54,56H2,1-5H3;8-9H,3-7,10H2,1-2H3/b;9-8-. The van der Waals surface area contributed by atoms with Crippen molar-refractivity contribution in [2.24, 2.45) is 0 Å². The molecule has 1 saturated carbocycles. The van der Waals surface area contributed by atoms with Crippen LogP contribution in [0.3, 0.4) is 0 Å². The Morgan fingerprint density at radius 2 is 0.711 bits per heavy atom. The number of amides is 1. The van der Waals surface area contributed by atoms with Crippen molar-refractivity contribution in [3.63, 3.8) is 0 Å². The molecule has 0 heterocycles. The smallest absolute Gasteiger partial charge is 0.236 e. The Kier molecular flexibility index (Phi) is 59.6. The van der Waals surface area contributed by atoms with Crippen molar-refractivity contribution >= 4 is 11.7 Å². The molecule has 1 amide bonds. The number of hydrogen-bond acceptors (Lipinski definition) is 6. The fourth-order valence-electron chi connectivity index (χ4n) is 10.5. The molecule has 1 rings (SSSR count). The van der Waals surface area contributed by atoms with Gasteiger partial charge in [-0.05, 0) is 117 Å². The molecule has 0 atom stereocenters. The van der Waals surface area contributed by atoms with E-state index in [1.807, 2.05) is 6.08 Å². The zero-order chi connectivity index (χ0) is 55.5. The molecule has 1 N–H and O–H groups in total. The summed E-state index contributed by atoms with van der Waals surface area (Å²) in [7, 11) is 0. The lowest BCUT2D eigenvalue weighted by Crippen LogP contribution is -2.46. The van der Waals surface area contributed by atoms with Crippen LogP contribution < -0.4 is 5.32 Å². The molecule has 0 bridgehead atoms. The third kappa shape index (κ3) is 55.6. The van der Waals surface area contributed by atoms with Crippen molar-refractivity contribution < 1.29 is 9.59 Å². The van der Waals surface area contributed by atoms with Gasteiger partial charge < -0.3 is 20.0 Å². The van der Waals surface area contributed by atoms with Gasteiger partial charge in [0.1, 0.15) is 5.78 Å². The summed E-state index contributed by atoms with van der Waals surface area (Å²) in [6.45, 7) is 27.7. The van der Waals surface area contributed by atoms with Crippen molar-refractivity contribution in [2.45, 2.75) is 331 Å². The van der Waals surface area contributed by atoms with Crippen LogP contribution in [0.1, 0.15) is 331 Å². The molecule has 0 unspecified atom stereocenters. The number of nitrogens with zero attached hydrogens (tertiary/aromatic N) is 4. The minimum Gasteiger partial charge on any atom is -0.389 e. The van der Waals surface area contributed by atoms with E-state index in [0.29, 0.717) is 18.9 Å². The summed E-state index contributed by atoms with van der Waals surface area (Å²) in [4.78, 5) is 35.3. The summed E-state index contributed by atoms with van der Waals surface area (Å²) in [5.74, 6) is 0.607. The molecule has 76 heavy (non-hydrogen) atoms. The van der Waals surface area contributed by atoms with Crippen LogP contribution in [0, 0.1) is 0 Å². The zero-order valence-electron chi connectivity index (χ0n) is 52.9. The van der Waals surface area contributed by atoms with Crippen LogP contribution in [0.4, 0.5) is 0 Å². The van der Waals surface area contributed by atoms with E-state index < -0.39 is 0 Å². The van der Waals surface area contributed by atoms with Crippen molar-refractivity contribution in [3.8, 4) is 0 Å². The van der Waals surface area contributed by atoms with Crippen molar-refractivity contribution in [1.29, 1.82) is 0 Å². The molecule has 0 aliphatic heterocycles. The Hall–Kier alpha value is -1.70. The molecule has 0 aromatic heterocycles. The molecule has 0 aromatic carbocycles. The third-order valence-electron chi connectivity index (χ3n) is 15.9. The number of ketones is 1. The maximum Gasteiger partial charge on any atom is 0.236 e. The number of allylic oxidation sites excluding steroid dienone is 3. The normalized spacial score (nSPS) is 12.4. The number of nitrogens with one attached hydrogen (secondary N) is 1. The van der Waals surface area contributed by atoms with Crippen LogP contribution in [0.15, 0.2) is 23.9 Å². The Morgan fingerprint density at radius 3 is 1.12 bits per heavy atom. The van der Waals surface area contributed by atoms with Gasteiger partial charge >= 0.3 is 0 Å². The van der Waals surface area contributed by atoms with Gasteiger partial charge in [-0.3, -0.25) is 14.5 Å². The lowest BCUT2D eigenvalue weighted by atomic mass is 10.1. The molecule has 7 heteroatoms. The van der Waals surface area contributed by atoms with Gasteiger partial charge in [-0.25, -0.2) is 0 Å². The second-order valence-electron chi connectivity index (χ2n) is 23.8. The highest BCUT2D eigenvalue weighted by Gasteiger charge is 2.19. The molecule has 1 fully saturated rings. The minimum atomic E-state index is 0.250. The van der Waals surface area contributed by atoms with Gasteiger partial charge in [0.2, 0.25) is 5.91 Å². The second-order valence-corrected chi connectivity index (χ2v) is 23.8. The van der Waals surface area contributed by atoms with Crippen LogP contribution in [0.25, 0.3) is 0 Å². The summed E-state index contributed by atoms with van der Waals surface area (Å²) >= 11 is 0. The maximum absolute atomic E-state index is 14.4. The van der Waals surface area contributed by atoms with Gasteiger partial charge in [0.15, 0.2) is 0 Å². The van der Waals surface area contributed by atoms with Gasteiger partial charge in [0, 0.05) is 39.1 Å². The van der Waals surface area contributed by atoms with Crippen molar-refractivity contribution in [1.82, 2.24) is 24.9 Å². The molecule has 0 spiro atoms. The fourth-order valence-corrected chi connectivity index (χ4v) is 10.5. The average Bonchev–Trinajstić information content (AvgIpc) is 4.25. The molecule has 1 aliphatic rings. The van der Waals surface area contributed by atoms with Gasteiger partial charge in [0.05, 0.1) is 6.54 Å². The monoisotopic (exact) mass is 1070 g/mol. The van der Waals surface area contributed by atoms with Crippen LogP contribution >= 0.6 is 0 Å². The number of Topliss-reactive ketones (excluding diaryl/α,β-unsaturated/α-hetero) is 1. The van der Waals surface area contributed by atoms with E-state index in [1.54, 1.807) is 6.92 Å². The predicted octanol–water partition coefficient (Wildman–Crippen LogP) is 19.6. The summed E-state index contributed by atoms with van der Waals surface area (Å²) in [6, 6.07) is 0. The first kappa shape index (κ1) is 74.3. The van der Waals surface area contributed by atoms with E-state index in [0.717, 1.165) is 58.7 Å². The molecular weight excluding hydrogens is 931 g/mol. The van der Waals surface area contributed by atoms with Gasteiger partial charge in [-0.2, -0.15) is 0 Å². The Labute approximate surface area is 477 Å². The van der Waals surface area contributed by atoms with E-state index in [4.69, 9.17) is 0 Å². The van der Waals surface area contributed by atoms with Crippen LogP contribution in [-0.2, 0) is 9.59 Å². The highest BCUT2D eigenvalue weighted by molar-refractivity contribution is 5.78. The summed E-state index contributed by atoms with van der Waals surface area (Å²) in [5, 5.41) is 3.57. The van der Waals surface area contributed by atoms with E-state index in [2.05, 4.69) is 78.7 Å². The molecule has 0 aromatic rings. The van der Waals surface area contributed by atoms with E-state index in [1.165, 1.54) is 295 Å². The highest BCUT2D eigenvalue weighted by atomic mass is 16.2. The molecule has 0 saturated heterocycles. The first-order chi connectivity index (χ1) is 37.3. The SMILES string of the molecule is CCCCCC/C=C\CC(C)=O.CCCCCCCCCCCCCCN(CCCC)CCCN(CCNC=C1CC1)C(=O)CN(CCCCCCCCC)CCN(CCCCCCCCC)CCCCCCCCC. The molecule has 7 nitrogen and oxygen atoms in total. The summed E-state index contributed by atoms with van der Waals surface area (Å²) < 4.78 is 0. The van der Waals surface area contributed by atoms with Crippen molar-refractivity contribution in [2.75, 3.05) is 78.5 Å².